The molecule has 0 atom stereocenters. The van der Waals surface area contributed by atoms with Crippen molar-refractivity contribution in [2.24, 2.45) is 0 Å². The van der Waals surface area contributed by atoms with Gasteiger partial charge in [-0.1, -0.05) is 0 Å². The van der Waals surface area contributed by atoms with E-state index in [9.17, 15) is 18.0 Å². The molecule has 0 aromatic carbocycles. The highest BCUT2D eigenvalue weighted by Crippen LogP contribution is 2.30. The number of alkyl halides is 3. The molecule has 0 bridgehead atoms. The average Bonchev–Trinajstić information content (AvgIpc) is 2.35. The minimum atomic E-state index is -4.51. The van der Waals surface area contributed by atoms with Gasteiger partial charge in [0.15, 0.2) is 11.5 Å². The van der Waals surface area contributed by atoms with Gasteiger partial charge in [0, 0.05) is 18.8 Å². The minimum Gasteiger partial charge on any atom is -0.493 e. The van der Waals surface area contributed by atoms with Crippen molar-refractivity contribution in [1.29, 1.82) is 0 Å². The third-order valence-electron chi connectivity index (χ3n) is 2.50. The second kappa shape index (κ2) is 7.11. The van der Waals surface area contributed by atoms with Crippen molar-refractivity contribution in [1.82, 2.24) is 9.88 Å². The van der Waals surface area contributed by atoms with E-state index in [1.54, 1.807) is 0 Å². The molecule has 1 N–H and O–H groups in total. The van der Waals surface area contributed by atoms with Crippen LogP contribution in [0.5, 0.6) is 11.5 Å². The summed E-state index contributed by atoms with van der Waals surface area (Å²) in [6.45, 7) is -2.45. The SMILES string of the molecule is COc1ccnc(CN(CC(=O)O)CC(F)(F)F)c1OC. The van der Waals surface area contributed by atoms with Crippen LogP contribution in [0, 0.1) is 0 Å². The first-order chi connectivity index (χ1) is 9.76. The summed E-state index contributed by atoms with van der Waals surface area (Å²) in [6.07, 6.45) is -3.16. The standard InChI is InChI=1S/C12H15F3N2O4/c1-20-9-3-4-16-8(11(9)21-2)5-17(6-10(18)19)7-12(13,14)15/h3-4H,5-7H2,1-2H3,(H,18,19). The highest BCUT2D eigenvalue weighted by atomic mass is 19.4. The molecule has 21 heavy (non-hydrogen) atoms. The molecule has 0 saturated heterocycles. The van der Waals surface area contributed by atoms with Gasteiger partial charge in [-0.15, -0.1) is 0 Å². The van der Waals surface area contributed by atoms with E-state index in [-0.39, 0.29) is 18.0 Å². The quantitative estimate of drug-likeness (QED) is 0.824. The number of hydrogen-bond acceptors (Lipinski definition) is 5. The van der Waals surface area contributed by atoms with Crippen molar-refractivity contribution in [2.45, 2.75) is 12.7 Å². The van der Waals surface area contributed by atoms with Crippen molar-refractivity contribution in [3.05, 3.63) is 18.0 Å². The molecule has 0 aliphatic rings. The lowest BCUT2D eigenvalue weighted by Gasteiger charge is -2.22. The maximum Gasteiger partial charge on any atom is 0.401 e. The number of aromatic nitrogens is 1. The van der Waals surface area contributed by atoms with Gasteiger partial charge in [0.2, 0.25) is 0 Å². The summed E-state index contributed by atoms with van der Waals surface area (Å²) in [5.41, 5.74) is 0.169. The maximum absolute atomic E-state index is 12.5. The van der Waals surface area contributed by atoms with E-state index in [0.29, 0.717) is 10.6 Å². The van der Waals surface area contributed by atoms with Gasteiger partial charge in [0.25, 0.3) is 0 Å². The Morgan fingerprint density at radius 2 is 2.05 bits per heavy atom. The van der Waals surface area contributed by atoms with Crippen LogP contribution in [0.4, 0.5) is 13.2 Å². The normalized spacial score (nSPS) is 11.5. The zero-order chi connectivity index (χ0) is 16.0. The Hall–Kier alpha value is -2.03. The fraction of sp³-hybridized carbons (Fsp3) is 0.500. The maximum atomic E-state index is 12.5. The molecule has 0 aliphatic heterocycles. The van der Waals surface area contributed by atoms with Crippen molar-refractivity contribution in [3.63, 3.8) is 0 Å². The first kappa shape index (κ1) is 17.0. The Morgan fingerprint density at radius 1 is 1.38 bits per heavy atom. The zero-order valence-electron chi connectivity index (χ0n) is 11.5. The monoisotopic (exact) mass is 308 g/mol. The molecule has 0 unspecified atom stereocenters. The molecule has 1 heterocycles. The van der Waals surface area contributed by atoms with Crippen LogP contribution >= 0.6 is 0 Å². The number of rotatable bonds is 7. The number of ether oxygens (including phenoxy) is 2. The first-order valence-electron chi connectivity index (χ1n) is 5.83. The van der Waals surface area contributed by atoms with Crippen LogP contribution in [0.25, 0.3) is 0 Å². The van der Waals surface area contributed by atoms with Gasteiger partial charge in [-0.05, 0) is 0 Å². The van der Waals surface area contributed by atoms with Gasteiger partial charge in [0.1, 0.15) is 5.69 Å². The van der Waals surface area contributed by atoms with Crippen LogP contribution in [0.1, 0.15) is 5.69 Å². The summed E-state index contributed by atoms with van der Waals surface area (Å²) in [5.74, 6) is -0.872. The van der Waals surface area contributed by atoms with Gasteiger partial charge in [-0.3, -0.25) is 14.7 Å². The predicted octanol–water partition coefficient (Wildman–Crippen LogP) is 1.55. The topological polar surface area (TPSA) is 71.9 Å². The molecule has 6 nitrogen and oxygen atoms in total. The highest BCUT2D eigenvalue weighted by Gasteiger charge is 2.32. The van der Waals surface area contributed by atoms with E-state index in [1.165, 1.54) is 26.5 Å². The number of methoxy groups -OCH3 is 2. The molecule has 1 rings (SSSR count). The number of carbonyl (C=O) groups is 1. The van der Waals surface area contributed by atoms with E-state index in [1.807, 2.05) is 0 Å². The molecule has 0 radical (unpaired) electrons. The third kappa shape index (κ3) is 5.46. The Kier molecular flexibility index (Phi) is 5.77. The van der Waals surface area contributed by atoms with Gasteiger partial charge >= 0.3 is 12.1 Å². The molecule has 1 aromatic rings. The number of aliphatic carboxylic acids is 1. The third-order valence-corrected chi connectivity index (χ3v) is 2.50. The van der Waals surface area contributed by atoms with Gasteiger partial charge < -0.3 is 14.6 Å². The van der Waals surface area contributed by atoms with Crippen LogP contribution < -0.4 is 9.47 Å². The zero-order valence-corrected chi connectivity index (χ0v) is 11.5. The lowest BCUT2D eigenvalue weighted by atomic mass is 10.2. The van der Waals surface area contributed by atoms with E-state index < -0.39 is 25.2 Å². The molecule has 0 fully saturated rings. The lowest BCUT2D eigenvalue weighted by Crippen LogP contribution is -2.37. The van der Waals surface area contributed by atoms with Crippen molar-refractivity contribution < 1.29 is 32.5 Å². The summed E-state index contributed by atoms with van der Waals surface area (Å²) >= 11 is 0. The van der Waals surface area contributed by atoms with Crippen molar-refractivity contribution >= 4 is 5.97 Å². The minimum absolute atomic E-state index is 0.169. The Morgan fingerprint density at radius 3 is 2.52 bits per heavy atom. The van der Waals surface area contributed by atoms with Gasteiger partial charge in [-0.2, -0.15) is 13.2 Å². The molecule has 0 spiro atoms. The number of carboxylic acid groups (broad SMARTS) is 1. The van der Waals surface area contributed by atoms with E-state index in [0.717, 1.165) is 0 Å². The molecule has 9 heteroatoms. The largest absolute Gasteiger partial charge is 0.493 e. The van der Waals surface area contributed by atoms with Crippen molar-refractivity contribution in [2.75, 3.05) is 27.3 Å². The molecule has 118 valence electrons. The second-order valence-electron chi connectivity index (χ2n) is 4.15. The Balaban J connectivity index is 3.00. The lowest BCUT2D eigenvalue weighted by molar-refractivity contribution is -0.155. The van der Waals surface area contributed by atoms with Crippen LogP contribution in [0.3, 0.4) is 0 Å². The van der Waals surface area contributed by atoms with E-state index >= 15 is 0 Å². The summed E-state index contributed by atoms with van der Waals surface area (Å²) < 4.78 is 47.5. The number of pyridine rings is 1. The summed E-state index contributed by atoms with van der Waals surface area (Å²) in [7, 11) is 2.71. The van der Waals surface area contributed by atoms with Crippen LogP contribution in [0.15, 0.2) is 12.3 Å². The summed E-state index contributed by atoms with van der Waals surface area (Å²) in [5, 5.41) is 8.70. The molecule has 1 aromatic heterocycles. The van der Waals surface area contributed by atoms with E-state index in [4.69, 9.17) is 14.6 Å². The van der Waals surface area contributed by atoms with Crippen LogP contribution in [-0.2, 0) is 11.3 Å². The second-order valence-corrected chi connectivity index (χ2v) is 4.15. The number of carboxylic acids is 1. The Bertz CT molecular complexity index is 494. The molecule has 0 aliphatic carbocycles. The average molecular weight is 308 g/mol. The van der Waals surface area contributed by atoms with Crippen molar-refractivity contribution in [3.8, 4) is 11.5 Å². The number of hydrogen-bond donors (Lipinski definition) is 1. The number of halogens is 3. The van der Waals surface area contributed by atoms with Crippen LogP contribution in [-0.4, -0.2) is 54.4 Å². The summed E-state index contributed by atoms with van der Waals surface area (Å²) in [4.78, 5) is 15.3. The van der Waals surface area contributed by atoms with Gasteiger partial charge in [0.05, 0.1) is 27.3 Å². The molecule has 0 saturated carbocycles. The van der Waals surface area contributed by atoms with Gasteiger partial charge in [-0.25, -0.2) is 0 Å². The first-order valence-corrected chi connectivity index (χ1v) is 5.83. The summed E-state index contributed by atoms with van der Waals surface area (Å²) in [6, 6.07) is 1.49. The fourth-order valence-corrected chi connectivity index (χ4v) is 1.79. The molecule has 0 amide bonds. The highest BCUT2D eigenvalue weighted by molar-refractivity contribution is 5.69. The molecular formula is C12H15F3N2O4. The van der Waals surface area contributed by atoms with E-state index in [2.05, 4.69) is 4.98 Å². The fourth-order valence-electron chi connectivity index (χ4n) is 1.79. The number of nitrogens with zero attached hydrogens (tertiary/aromatic N) is 2. The molecular weight excluding hydrogens is 293 g/mol. The predicted molar refractivity (Wildman–Crippen MR) is 66.3 cm³/mol. The smallest absolute Gasteiger partial charge is 0.401 e. The Labute approximate surface area is 119 Å². The van der Waals surface area contributed by atoms with Crippen LogP contribution in [0.2, 0.25) is 0 Å².